The van der Waals surface area contributed by atoms with Crippen LogP contribution in [-0.4, -0.2) is 6.10 Å². The van der Waals surface area contributed by atoms with Crippen LogP contribution in [0.4, 0.5) is 0 Å². The van der Waals surface area contributed by atoms with Crippen LogP contribution < -0.4 is 10.5 Å². The SMILES string of the molecule is C=CC(C)Oc1cccc([C@H](C)N)c1. The normalized spacial score (nSPS) is 14.5. The third-order valence-corrected chi connectivity index (χ3v) is 2.04. The van der Waals surface area contributed by atoms with Gasteiger partial charge in [0.1, 0.15) is 11.9 Å². The van der Waals surface area contributed by atoms with E-state index < -0.39 is 0 Å². The van der Waals surface area contributed by atoms with Crippen LogP contribution in [0.15, 0.2) is 36.9 Å². The average Bonchev–Trinajstić information content (AvgIpc) is 2.18. The fourth-order valence-electron chi connectivity index (χ4n) is 1.13. The summed E-state index contributed by atoms with van der Waals surface area (Å²) in [6.07, 6.45) is 1.79. The summed E-state index contributed by atoms with van der Waals surface area (Å²) < 4.78 is 5.58. The first kappa shape index (κ1) is 10.8. The molecule has 14 heavy (non-hydrogen) atoms. The standard InChI is InChI=1S/C12H17NO/c1-4-9(2)14-12-7-5-6-11(8-12)10(3)13/h4-10H,1,13H2,2-3H3/t9?,10-/m0/s1. The summed E-state index contributed by atoms with van der Waals surface area (Å²) >= 11 is 0. The van der Waals surface area contributed by atoms with Gasteiger partial charge in [-0.3, -0.25) is 0 Å². The summed E-state index contributed by atoms with van der Waals surface area (Å²) in [5.74, 6) is 0.840. The number of rotatable bonds is 4. The zero-order valence-electron chi connectivity index (χ0n) is 8.73. The number of hydrogen-bond donors (Lipinski definition) is 1. The molecule has 0 aliphatic rings. The molecule has 1 aromatic rings. The minimum atomic E-state index is 0.0262. The van der Waals surface area contributed by atoms with Crippen molar-refractivity contribution >= 4 is 0 Å². The van der Waals surface area contributed by atoms with E-state index in [2.05, 4.69) is 6.58 Å². The Balaban J connectivity index is 2.78. The fraction of sp³-hybridized carbons (Fsp3) is 0.333. The zero-order chi connectivity index (χ0) is 10.6. The van der Waals surface area contributed by atoms with Gasteiger partial charge < -0.3 is 10.5 Å². The number of hydrogen-bond acceptors (Lipinski definition) is 2. The average molecular weight is 191 g/mol. The topological polar surface area (TPSA) is 35.2 Å². The number of benzene rings is 1. The molecule has 2 nitrogen and oxygen atoms in total. The first-order valence-electron chi connectivity index (χ1n) is 4.78. The van der Waals surface area contributed by atoms with Gasteiger partial charge in [0.2, 0.25) is 0 Å². The van der Waals surface area contributed by atoms with Crippen molar-refractivity contribution in [2.75, 3.05) is 0 Å². The van der Waals surface area contributed by atoms with Gasteiger partial charge in [0, 0.05) is 6.04 Å². The minimum Gasteiger partial charge on any atom is -0.487 e. The van der Waals surface area contributed by atoms with Crippen LogP contribution in [0.2, 0.25) is 0 Å². The van der Waals surface area contributed by atoms with E-state index >= 15 is 0 Å². The van der Waals surface area contributed by atoms with Crippen molar-refractivity contribution in [3.8, 4) is 5.75 Å². The molecule has 0 spiro atoms. The van der Waals surface area contributed by atoms with Crippen LogP contribution in [0.5, 0.6) is 5.75 Å². The number of nitrogens with two attached hydrogens (primary N) is 1. The largest absolute Gasteiger partial charge is 0.487 e. The number of ether oxygens (including phenoxy) is 1. The Morgan fingerprint density at radius 2 is 2.14 bits per heavy atom. The summed E-state index contributed by atoms with van der Waals surface area (Å²) in [5, 5.41) is 0. The van der Waals surface area contributed by atoms with Gasteiger partial charge in [0.15, 0.2) is 0 Å². The van der Waals surface area contributed by atoms with Crippen molar-refractivity contribution < 1.29 is 4.74 Å². The molecule has 0 radical (unpaired) electrons. The maximum atomic E-state index is 5.77. The molecule has 2 N–H and O–H groups in total. The lowest BCUT2D eigenvalue weighted by Gasteiger charge is -2.12. The molecule has 76 valence electrons. The van der Waals surface area contributed by atoms with Crippen LogP contribution in [0.1, 0.15) is 25.5 Å². The first-order valence-corrected chi connectivity index (χ1v) is 4.78. The van der Waals surface area contributed by atoms with Crippen LogP contribution in [0, 0.1) is 0 Å². The minimum absolute atomic E-state index is 0.0262. The molecular formula is C12H17NO. The Hall–Kier alpha value is -1.28. The van der Waals surface area contributed by atoms with Crippen LogP contribution >= 0.6 is 0 Å². The van der Waals surface area contributed by atoms with Gasteiger partial charge in [0.25, 0.3) is 0 Å². The Morgan fingerprint density at radius 3 is 2.71 bits per heavy atom. The molecule has 0 aromatic heterocycles. The van der Waals surface area contributed by atoms with E-state index in [-0.39, 0.29) is 12.1 Å². The van der Waals surface area contributed by atoms with Gasteiger partial charge in [-0.1, -0.05) is 24.8 Å². The molecular weight excluding hydrogens is 174 g/mol. The van der Waals surface area contributed by atoms with Crippen molar-refractivity contribution in [3.63, 3.8) is 0 Å². The Morgan fingerprint density at radius 1 is 1.43 bits per heavy atom. The Labute approximate surface area is 85.4 Å². The highest BCUT2D eigenvalue weighted by molar-refractivity contribution is 5.30. The molecule has 1 rings (SSSR count). The van der Waals surface area contributed by atoms with Gasteiger partial charge in [-0.15, -0.1) is 0 Å². The molecule has 0 aliphatic carbocycles. The predicted molar refractivity (Wildman–Crippen MR) is 59.3 cm³/mol. The van der Waals surface area contributed by atoms with Crippen molar-refractivity contribution in [2.45, 2.75) is 26.0 Å². The second-order valence-corrected chi connectivity index (χ2v) is 3.42. The quantitative estimate of drug-likeness (QED) is 0.742. The van der Waals surface area contributed by atoms with E-state index in [0.29, 0.717) is 0 Å². The summed E-state index contributed by atoms with van der Waals surface area (Å²) in [6.45, 7) is 7.57. The zero-order valence-corrected chi connectivity index (χ0v) is 8.73. The van der Waals surface area contributed by atoms with Gasteiger partial charge in [-0.25, -0.2) is 0 Å². The van der Waals surface area contributed by atoms with Gasteiger partial charge in [0.05, 0.1) is 0 Å². The summed E-state index contributed by atoms with van der Waals surface area (Å²) in [7, 11) is 0. The lowest BCUT2D eigenvalue weighted by atomic mass is 10.1. The maximum Gasteiger partial charge on any atom is 0.120 e. The molecule has 0 amide bonds. The molecule has 0 saturated heterocycles. The maximum absolute atomic E-state index is 5.77. The highest BCUT2D eigenvalue weighted by Crippen LogP contribution is 2.18. The lowest BCUT2D eigenvalue weighted by molar-refractivity contribution is 0.270. The van der Waals surface area contributed by atoms with E-state index in [1.54, 1.807) is 6.08 Å². The molecule has 2 heteroatoms. The fourth-order valence-corrected chi connectivity index (χ4v) is 1.13. The van der Waals surface area contributed by atoms with Crippen molar-refractivity contribution in [3.05, 3.63) is 42.5 Å². The van der Waals surface area contributed by atoms with Gasteiger partial charge >= 0.3 is 0 Å². The van der Waals surface area contributed by atoms with Crippen molar-refractivity contribution in [1.29, 1.82) is 0 Å². The highest BCUT2D eigenvalue weighted by Gasteiger charge is 2.02. The second-order valence-electron chi connectivity index (χ2n) is 3.42. The van der Waals surface area contributed by atoms with E-state index in [0.717, 1.165) is 11.3 Å². The summed E-state index contributed by atoms with van der Waals surface area (Å²) in [6, 6.07) is 7.87. The van der Waals surface area contributed by atoms with Crippen LogP contribution in [-0.2, 0) is 0 Å². The van der Waals surface area contributed by atoms with Crippen molar-refractivity contribution in [1.82, 2.24) is 0 Å². The van der Waals surface area contributed by atoms with E-state index in [4.69, 9.17) is 10.5 Å². The summed E-state index contributed by atoms with van der Waals surface area (Å²) in [5.41, 5.74) is 6.85. The Kier molecular flexibility index (Phi) is 3.72. The van der Waals surface area contributed by atoms with E-state index in [1.165, 1.54) is 0 Å². The monoisotopic (exact) mass is 191 g/mol. The molecule has 0 fully saturated rings. The third-order valence-electron chi connectivity index (χ3n) is 2.04. The predicted octanol–water partition coefficient (Wildman–Crippen LogP) is 2.66. The molecule has 1 aromatic carbocycles. The van der Waals surface area contributed by atoms with E-state index in [1.807, 2.05) is 38.1 Å². The van der Waals surface area contributed by atoms with Crippen LogP contribution in [0.25, 0.3) is 0 Å². The first-order chi connectivity index (χ1) is 6.63. The van der Waals surface area contributed by atoms with E-state index in [9.17, 15) is 0 Å². The van der Waals surface area contributed by atoms with Gasteiger partial charge in [-0.2, -0.15) is 0 Å². The molecule has 0 bridgehead atoms. The third kappa shape index (κ3) is 2.89. The second kappa shape index (κ2) is 4.82. The lowest BCUT2D eigenvalue weighted by Crippen LogP contribution is -2.09. The molecule has 1 unspecified atom stereocenters. The smallest absolute Gasteiger partial charge is 0.120 e. The highest BCUT2D eigenvalue weighted by atomic mass is 16.5. The Bertz CT molecular complexity index is 307. The van der Waals surface area contributed by atoms with Gasteiger partial charge in [-0.05, 0) is 31.5 Å². The van der Waals surface area contributed by atoms with Crippen molar-refractivity contribution in [2.24, 2.45) is 5.73 Å². The molecule has 0 heterocycles. The molecule has 0 aliphatic heterocycles. The van der Waals surface area contributed by atoms with Crippen LogP contribution in [0.3, 0.4) is 0 Å². The molecule has 2 atom stereocenters. The summed E-state index contributed by atoms with van der Waals surface area (Å²) in [4.78, 5) is 0. The molecule has 0 saturated carbocycles.